The maximum absolute atomic E-state index is 12.7. The second-order valence-corrected chi connectivity index (χ2v) is 9.05. The third-order valence-corrected chi connectivity index (χ3v) is 6.21. The van der Waals surface area contributed by atoms with Crippen LogP contribution >= 0.6 is 11.8 Å². The monoisotopic (exact) mass is 475 g/mol. The summed E-state index contributed by atoms with van der Waals surface area (Å²) in [7, 11) is -4.24. The number of anilines is 1. The fourth-order valence-electron chi connectivity index (χ4n) is 2.68. The van der Waals surface area contributed by atoms with Gasteiger partial charge < -0.3 is 15.2 Å². The fraction of sp³-hybridized carbons (Fsp3) is 0.100. The van der Waals surface area contributed by atoms with Gasteiger partial charge in [0.15, 0.2) is 0 Å². The van der Waals surface area contributed by atoms with Crippen molar-refractivity contribution in [2.24, 2.45) is 5.73 Å². The Hall–Kier alpha value is -3.64. The molecule has 0 unspecified atom stereocenters. The fourth-order valence-corrected chi connectivity index (χ4v) is 4.47. The Morgan fingerprint density at radius 1 is 1.12 bits per heavy atom. The number of amides is 4. The highest BCUT2D eigenvalue weighted by atomic mass is 32.2. The minimum Gasteiger partial charge on any atom is -0.378 e. The van der Waals surface area contributed by atoms with E-state index in [1.807, 2.05) is 0 Å². The maximum Gasteiger partial charge on any atom is 0.339 e. The van der Waals surface area contributed by atoms with Crippen LogP contribution in [0.2, 0.25) is 0 Å². The van der Waals surface area contributed by atoms with Crippen molar-refractivity contribution in [3.63, 3.8) is 0 Å². The van der Waals surface area contributed by atoms with Gasteiger partial charge in [-0.15, -0.1) is 0 Å². The summed E-state index contributed by atoms with van der Waals surface area (Å²) in [6, 6.07) is 11.4. The molecule has 1 aliphatic heterocycles. The van der Waals surface area contributed by atoms with Crippen molar-refractivity contribution < 1.29 is 31.8 Å². The average molecular weight is 476 g/mol. The summed E-state index contributed by atoms with van der Waals surface area (Å²) in [6.07, 6.45) is 1.30. The molecule has 0 atom stereocenters. The Bertz CT molecular complexity index is 1240. The van der Waals surface area contributed by atoms with Gasteiger partial charge in [-0.1, -0.05) is 18.2 Å². The molecule has 0 saturated carbocycles. The van der Waals surface area contributed by atoms with Crippen LogP contribution in [0.3, 0.4) is 0 Å². The lowest BCUT2D eigenvalue weighted by Crippen LogP contribution is -2.36. The number of nitrogens with zero attached hydrogens (tertiary/aromatic N) is 1. The molecule has 2 aromatic rings. The van der Waals surface area contributed by atoms with E-state index in [9.17, 15) is 27.6 Å². The van der Waals surface area contributed by atoms with E-state index in [0.717, 1.165) is 0 Å². The summed E-state index contributed by atoms with van der Waals surface area (Å²) in [5, 5.41) is 1.87. The van der Waals surface area contributed by atoms with Crippen molar-refractivity contribution in [2.75, 3.05) is 11.9 Å². The van der Waals surface area contributed by atoms with Crippen LogP contribution in [0.15, 0.2) is 58.3 Å². The standard InChI is InChI=1S/C20H17N3O7S2/c1-12(24)22-14-6-8-15(9-7-14)32(28,29)30-16-5-3-2-4-13(16)10-17-19(26)23(11-18(21)25)20(27)31-17/h2-10H,11H2,1H3,(H2,21,25)(H,22,24)/b17-10-. The summed E-state index contributed by atoms with van der Waals surface area (Å²) < 4.78 is 30.6. The first-order chi connectivity index (χ1) is 15.1. The second kappa shape index (κ2) is 9.24. The number of imide groups is 1. The summed E-state index contributed by atoms with van der Waals surface area (Å²) >= 11 is 0.599. The highest BCUT2D eigenvalue weighted by Crippen LogP contribution is 2.34. The number of carbonyl (C=O) groups excluding carboxylic acids is 4. The van der Waals surface area contributed by atoms with Gasteiger partial charge >= 0.3 is 10.1 Å². The summed E-state index contributed by atoms with van der Waals surface area (Å²) in [6.45, 7) is 0.774. The third kappa shape index (κ3) is 5.34. The molecule has 1 fully saturated rings. The van der Waals surface area contributed by atoms with E-state index in [1.54, 1.807) is 12.1 Å². The zero-order valence-electron chi connectivity index (χ0n) is 16.6. The van der Waals surface area contributed by atoms with Gasteiger partial charge in [0.1, 0.15) is 17.2 Å². The van der Waals surface area contributed by atoms with Crippen molar-refractivity contribution in [1.82, 2.24) is 4.90 Å². The topological polar surface area (TPSA) is 153 Å². The van der Waals surface area contributed by atoms with Gasteiger partial charge in [0.25, 0.3) is 11.1 Å². The smallest absolute Gasteiger partial charge is 0.339 e. The van der Waals surface area contributed by atoms with Gasteiger partial charge in [0, 0.05) is 18.2 Å². The number of primary amides is 1. The van der Waals surface area contributed by atoms with Gasteiger partial charge in [-0.25, -0.2) is 0 Å². The number of nitrogens with two attached hydrogens (primary N) is 1. The number of para-hydroxylation sites is 1. The van der Waals surface area contributed by atoms with Crippen LogP contribution in [0.25, 0.3) is 6.08 Å². The molecule has 0 bridgehead atoms. The lowest BCUT2D eigenvalue weighted by molar-refractivity contribution is -0.127. The molecule has 32 heavy (non-hydrogen) atoms. The zero-order valence-corrected chi connectivity index (χ0v) is 18.2. The van der Waals surface area contributed by atoms with Crippen molar-refractivity contribution in [2.45, 2.75) is 11.8 Å². The lowest BCUT2D eigenvalue weighted by atomic mass is 10.2. The van der Waals surface area contributed by atoms with E-state index >= 15 is 0 Å². The number of nitrogens with one attached hydrogen (secondary N) is 1. The van der Waals surface area contributed by atoms with Crippen molar-refractivity contribution in [3.05, 3.63) is 59.0 Å². The normalized spacial score (nSPS) is 15.2. The van der Waals surface area contributed by atoms with E-state index in [0.29, 0.717) is 22.3 Å². The Morgan fingerprint density at radius 3 is 2.41 bits per heavy atom. The number of hydrogen-bond donors (Lipinski definition) is 2. The molecule has 1 aliphatic rings. The van der Waals surface area contributed by atoms with Gasteiger partial charge in [0.05, 0.1) is 4.91 Å². The van der Waals surface area contributed by atoms with E-state index in [-0.39, 0.29) is 27.0 Å². The summed E-state index contributed by atoms with van der Waals surface area (Å²) in [4.78, 5) is 47.1. The number of thioether (sulfide) groups is 1. The summed E-state index contributed by atoms with van der Waals surface area (Å²) in [5.74, 6) is -1.93. The van der Waals surface area contributed by atoms with Crippen LogP contribution in [-0.2, 0) is 24.5 Å². The minimum absolute atomic E-state index is 0.00985. The Morgan fingerprint density at radius 2 is 1.78 bits per heavy atom. The molecular formula is C20H17N3O7S2. The third-order valence-electron chi connectivity index (χ3n) is 4.06. The number of carbonyl (C=O) groups is 4. The van der Waals surface area contributed by atoms with Crippen molar-refractivity contribution in [3.8, 4) is 5.75 Å². The highest BCUT2D eigenvalue weighted by molar-refractivity contribution is 8.18. The van der Waals surface area contributed by atoms with E-state index < -0.39 is 33.7 Å². The van der Waals surface area contributed by atoms with E-state index in [4.69, 9.17) is 9.92 Å². The largest absolute Gasteiger partial charge is 0.378 e. The molecule has 12 heteroatoms. The van der Waals surface area contributed by atoms with Crippen LogP contribution in [0.5, 0.6) is 5.75 Å². The van der Waals surface area contributed by atoms with Crippen LogP contribution in [0.1, 0.15) is 12.5 Å². The van der Waals surface area contributed by atoms with Crippen LogP contribution in [0.4, 0.5) is 10.5 Å². The molecule has 0 aromatic heterocycles. The molecule has 166 valence electrons. The van der Waals surface area contributed by atoms with Gasteiger partial charge in [-0.3, -0.25) is 24.1 Å². The molecule has 10 nitrogen and oxygen atoms in total. The van der Waals surface area contributed by atoms with E-state index in [1.165, 1.54) is 49.4 Å². The predicted octanol–water partition coefficient (Wildman–Crippen LogP) is 1.93. The Labute approximate surface area is 187 Å². The Balaban J connectivity index is 1.86. The molecule has 0 spiro atoms. The Kier molecular flexibility index (Phi) is 6.65. The van der Waals surface area contributed by atoms with Crippen LogP contribution in [0, 0.1) is 0 Å². The summed E-state index contributed by atoms with van der Waals surface area (Å²) in [5.41, 5.74) is 5.71. The molecule has 0 aliphatic carbocycles. The highest BCUT2D eigenvalue weighted by Gasteiger charge is 2.36. The average Bonchev–Trinajstić information content (AvgIpc) is 2.96. The van der Waals surface area contributed by atoms with Gasteiger partial charge in [0.2, 0.25) is 11.8 Å². The minimum atomic E-state index is -4.24. The number of rotatable bonds is 7. The zero-order chi connectivity index (χ0) is 23.5. The molecule has 3 N–H and O–H groups in total. The second-order valence-electron chi connectivity index (χ2n) is 6.52. The van der Waals surface area contributed by atoms with E-state index in [2.05, 4.69) is 5.32 Å². The SMILES string of the molecule is CC(=O)Nc1ccc(S(=O)(=O)Oc2ccccc2/C=C2\SC(=O)N(CC(N)=O)C2=O)cc1. The maximum atomic E-state index is 12.7. The first kappa shape index (κ1) is 23.0. The molecule has 2 aromatic carbocycles. The van der Waals surface area contributed by atoms with Gasteiger partial charge in [-0.05, 0) is 48.2 Å². The van der Waals surface area contributed by atoms with Crippen molar-refractivity contribution in [1.29, 1.82) is 0 Å². The van der Waals surface area contributed by atoms with Crippen LogP contribution in [-0.4, -0.2) is 42.8 Å². The molecule has 1 saturated heterocycles. The van der Waals surface area contributed by atoms with Crippen molar-refractivity contribution >= 4 is 56.6 Å². The van der Waals surface area contributed by atoms with Gasteiger partial charge in [-0.2, -0.15) is 8.42 Å². The van der Waals surface area contributed by atoms with Crippen LogP contribution < -0.4 is 15.2 Å². The number of benzene rings is 2. The molecular weight excluding hydrogens is 458 g/mol. The lowest BCUT2D eigenvalue weighted by Gasteiger charge is -2.11. The first-order valence-electron chi connectivity index (χ1n) is 9.01. The molecule has 4 amide bonds. The molecule has 1 heterocycles. The quantitative estimate of drug-likeness (QED) is 0.455. The molecule has 0 radical (unpaired) electrons. The molecule has 3 rings (SSSR count). The first-order valence-corrected chi connectivity index (χ1v) is 11.2. The predicted molar refractivity (Wildman–Crippen MR) is 117 cm³/mol. The number of hydrogen-bond acceptors (Lipinski definition) is 8.